The molecular formula is C20H18ClNO4. The molecular weight excluding hydrogens is 354 g/mol. The number of amides is 1. The molecule has 26 heavy (non-hydrogen) atoms. The number of nitrogens with one attached hydrogen (secondary N) is 1. The van der Waals surface area contributed by atoms with Crippen molar-refractivity contribution >= 4 is 29.6 Å². The Morgan fingerprint density at radius 1 is 1.15 bits per heavy atom. The summed E-state index contributed by atoms with van der Waals surface area (Å²) in [6.07, 6.45) is 2.95. The zero-order valence-corrected chi connectivity index (χ0v) is 15.0. The van der Waals surface area contributed by atoms with Crippen LogP contribution in [0.2, 0.25) is 5.02 Å². The summed E-state index contributed by atoms with van der Waals surface area (Å²) < 4.78 is 10.2. The zero-order valence-electron chi connectivity index (χ0n) is 14.2. The highest BCUT2D eigenvalue weighted by atomic mass is 35.5. The van der Waals surface area contributed by atoms with Crippen LogP contribution in [-0.4, -0.2) is 25.6 Å². The minimum absolute atomic E-state index is 0.00919. The van der Waals surface area contributed by atoms with Gasteiger partial charge >= 0.3 is 5.97 Å². The van der Waals surface area contributed by atoms with E-state index in [0.29, 0.717) is 21.9 Å². The van der Waals surface area contributed by atoms with Gasteiger partial charge in [-0.25, -0.2) is 4.79 Å². The number of hydrogen-bond donors (Lipinski definition) is 1. The third-order valence-corrected chi connectivity index (χ3v) is 3.58. The second-order valence-electron chi connectivity index (χ2n) is 5.15. The van der Waals surface area contributed by atoms with Crippen LogP contribution in [0.15, 0.2) is 66.9 Å². The Kier molecular flexibility index (Phi) is 7.00. The summed E-state index contributed by atoms with van der Waals surface area (Å²) in [5.41, 5.74) is 0.971. The molecule has 2 aromatic rings. The van der Waals surface area contributed by atoms with E-state index in [2.05, 4.69) is 11.9 Å². The highest BCUT2D eigenvalue weighted by molar-refractivity contribution is 6.30. The summed E-state index contributed by atoms with van der Waals surface area (Å²) in [5, 5.41) is 3.15. The Balaban J connectivity index is 2.31. The topological polar surface area (TPSA) is 64.6 Å². The summed E-state index contributed by atoms with van der Waals surface area (Å²) in [6.45, 7) is 3.53. The van der Waals surface area contributed by atoms with Gasteiger partial charge in [-0.3, -0.25) is 4.79 Å². The van der Waals surface area contributed by atoms with Crippen LogP contribution in [0.25, 0.3) is 6.08 Å². The van der Waals surface area contributed by atoms with Crippen molar-refractivity contribution in [1.29, 1.82) is 0 Å². The van der Waals surface area contributed by atoms with Crippen molar-refractivity contribution in [2.45, 2.75) is 0 Å². The molecule has 2 aromatic carbocycles. The van der Waals surface area contributed by atoms with Gasteiger partial charge in [0.15, 0.2) is 0 Å². The van der Waals surface area contributed by atoms with E-state index in [9.17, 15) is 9.59 Å². The first kappa shape index (κ1) is 19.3. The minimum atomic E-state index is -0.678. The quantitative estimate of drug-likeness (QED) is 0.456. The average molecular weight is 372 g/mol. The molecule has 0 aliphatic carbocycles. The maximum atomic E-state index is 12.6. The van der Waals surface area contributed by atoms with E-state index in [1.54, 1.807) is 48.5 Å². The molecule has 0 aliphatic heterocycles. The van der Waals surface area contributed by atoms with Gasteiger partial charge in [-0.2, -0.15) is 0 Å². The lowest BCUT2D eigenvalue weighted by atomic mass is 10.1. The normalized spacial score (nSPS) is 10.8. The van der Waals surface area contributed by atoms with E-state index in [1.165, 1.54) is 19.3 Å². The van der Waals surface area contributed by atoms with Crippen molar-refractivity contribution < 1.29 is 19.1 Å². The Morgan fingerprint density at radius 3 is 2.50 bits per heavy atom. The van der Waals surface area contributed by atoms with Gasteiger partial charge in [0.05, 0.1) is 12.7 Å². The van der Waals surface area contributed by atoms with Crippen LogP contribution in [0.5, 0.6) is 5.75 Å². The standard InChI is InChI=1S/C20H18ClNO4/c1-3-12-26-20(24)17(13-14-8-10-15(21)11-9-14)22-19(23)16-6-4-5-7-18(16)25-2/h3-11,13H,1,12H2,2H3,(H,22,23). The summed E-state index contributed by atoms with van der Waals surface area (Å²) in [7, 11) is 1.47. The summed E-state index contributed by atoms with van der Waals surface area (Å²) in [4.78, 5) is 24.9. The Morgan fingerprint density at radius 2 is 1.85 bits per heavy atom. The maximum absolute atomic E-state index is 12.6. The molecule has 6 heteroatoms. The van der Waals surface area contributed by atoms with Crippen LogP contribution < -0.4 is 10.1 Å². The van der Waals surface area contributed by atoms with Gasteiger partial charge < -0.3 is 14.8 Å². The van der Waals surface area contributed by atoms with Gasteiger partial charge in [0, 0.05) is 5.02 Å². The number of rotatable bonds is 7. The van der Waals surface area contributed by atoms with Crippen molar-refractivity contribution in [3.05, 3.63) is 83.0 Å². The summed E-state index contributed by atoms with van der Waals surface area (Å²) >= 11 is 5.87. The molecule has 1 N–H and O–H groups in total. The molecule has 0 heterocycles. The van der Waals surface area contributed by atoms with Crippen molar-refractivity contribution in [3.8, 4) is 5.75 Å². The Bertz CT molecular complexity index is 828. The number of carbonyl (C=O) groups excluding carboxylic acids is 2. The van der Waals surface area contributed by atoms with E-state index in [0.717, 1.165) is 0 Å². The molecule has 0 unspecified atom stereocenters. The monoisotopic (exact) mass is 371 g/mol. The van der Waals surface area contributed by atoms with Crippen LogP contribution in [-0.2, 0) is 9.53 Å². The summed E-state index contributed by atoms with van der Waals surface area (Å²) in [5.74, 6) is -0.767. The van der Waals surface area contributed by atoms with Gasteiger partial charge in [-0.05, 0) is 35.9 Å². The number of carbonyl (C=O) groups is 2. The smallest absolute Gasteiger partial charge is 0.355 e. The van der Waals surface area contributed by atoms with Gasteiger partial charge in [-0.1, -0.05) is 48.5 Å². The zero-order chi connectivity index (χ0) is 18.9. The van der Waals surface area contributed by atoms with E-state index in [4.69, 9.17) is 21.1 Å². The lowest BCUT2D eigenvalue weighted by Crippen LogP contribution is -2.29. The fraction of sp³-hybridized carbons (Fsp3) is 0.100. The van der Waals surface area contributed by atoms with E-state index in [-0.39, 0.29) is 12.3 Å². The fourth-order valence-corrected chi connectivity index (χ4v) is 2.23. The highest BCUT2D eigenvalue weighted by Gasteiger charge is 2.18. The number of ether oxygens (including phenoxy) is 2. The first-order chi connectivity index (χ1) is 12.5. The lowest BCUT2D eigenvalue weighted by Gasteiger charge is -2.11. The lowest BCUT2D eigenvalue weighted by molar-refractivity contribution is -0.138. The fourth-order valence-electron chi connectivity index (χ4n) is 2.11. The van der Waals surface area contributed by atoms with Gasteiger partial charge in [0.2, 0.25) is 0 Å². The molecule has 0 fully saturated rings. The Hall–Kier alpha value is -3.05. The highest BCUT2D eigenvalue weighted by Crippen LogP contribution is 2.18. The molecule has 0 saturated heterocycles. The summed E-state index contributed by atoms with van der Waals surface area (Å²) in [6, 6.07) is 13.5. The SMILES string of the molecule is C=CCOC(=O)C(=Cc1ccc(Cl)cc1)NC(=O)c1ccccc1OC. The molecule has 2 rings (SSSR count). The van der Waals surface area contributed by atoms with Crippen LogP contribution in [0, 0.1) is 0 Å². The second-order valence-corrected chi connectivity index (χ2v) is 5.59. The minimum Gasteiger partial charge on any atom is -0.496 e. The first-order valence-electron chi connectivity index (χ1n) is 7.74. The molecule has 0 saturated carbocycles. The molecule has 1 amide bonds. The molecule has 0 aliphatic rings. The second kappa shape index (κ2) is 9.44. The third kappa shape index (κ3) is 5.22. The van der Waals surface area contributed by atoms with Gasteiger partial charge in [-0.15, -0.1) is 0 Å². The first-order valence-corrected chi connectivity index (χ1v) is 8.12. The predicted molar refractivity (Wildman–Crippen MR) is 101 cm³/mol. The van der Waals surface area contributed by atoms with Crippen molar-refractivity contribution in [2.24, 2.45) is 0 Å². The van der Waals surface area contributed by atoms with Gasteiger partial charge in [0.1, 0.15) is 18.1 Å². The average Bonchev–Trinajstić information content (AvgIpc) is 2.67. The number of para-hydroxylation sites is 1. The van der Waals surface area contributed by atoms with Crippen LogP contribution in [0.1, 0.15) is 15.9 Å². The molecule has 0 spiro atoms. The third-order valence-electron chi connectivity index (χ3n) is 3.33. The molecule has 0 aromatic heterocycles. The number of hydrogen-bond acceptors (Lipinski definition) is 4. The molecule has 5 nitrogen and oxygen atoms in total. The molecule has 0 atom stereocenters. The molecule has 0 radical (unpaired) electrons. The van der Waals surface area contributed by atoms with Crippen LogP contribution in [0.4, 0.5) is 0 Å². The van der Waals surface area contributed by atoms with Crippen molar-refractivity contribution in [1.82, 2.24) is 5.32 Å². The van der Waals surface area contributed by atoms with Gasteiger partial charge in [0.25, 0.3) is 5.91 Å². The largest absolute Gasteiger partial charge is 0.496 e. The number of halogens is 1. The van der Waals surface area contributed by atoms with E-state index < -0.39 is 11.9 Å². The van der Waals surface area contributed by atoms with Crippen LogP contribution >= 0.6 is 11.6 Å². The Labute approximate surface area is 156 Å². The van der Waals surface area contributed by atoms with E-state index in [1.807, 2.05) is 0 Å². The predicted octanol–water partition coefficient (Wildman–Crippen LogP) is 3.85. The van der Waals surface area contributed by atoms with Crippen molar-refractivity contribution in [3.63, 3.8) is 0 Å². The van der Waals surface area contributed by atoms with Crippen molar-refractivity contribution in [2.75, 3.05) is 13.7 Å². The van der Waals surface area contributed by atoms with Crippen LogP contribution in [0.3, 0.4) is 0 Å². The number of methoxy groups -OCH3 is 1. The number of benzene rings is 2. The molecule has 134 valence electrons. The number of esters is 1. The molecule has 0 bridgehead atoms. The van der Waals surface area contributed by atoms with E-state index >= 15 is 0 Å². The maximum Gasteiger partial charge on any atom is 0.355 e.